The van der Waals surface area contributed by atoms with E-state index in [0.29, 0.717) is 17.1 Å². The predicted molar refractivity (Wildman–Crippen MR) is 115 cm³/mol. The Kier molecular flexibility index (Phi) is 5.57. The van der Waals surface area contributed by atoms with E-state index in [9.17, 15) is 0 Å². The highest BCUT2D eigenvalue weighted by atomic mass is 35.5. The molecule has 1 atom stereocenters. The molecule has 0 saturated heterocycles. The maximum absolute atomic E-state index is 9.00. The van der Waals surface area contributed by atoms with Crippen molar-refractivity contribution in [3.8, 4) is 17.3 Å². The third kappa shape index (κ3) is 4.45. The van der Waals surface area contributed by atoms with Gasteiger partial charge in [0, 0.05) is 28.9 Å². The second-order valence-electron chi connectivity index (χ2n) is 7.02. The van der Waals surface area contributed by atoms with E-state index in [0.717, 1.165) is 40.7 Å². The van der Waals surface area contributed by atoms with Crippen LogP contribution in [0.3, 0.4) is 0 Å². The number of fused-ring (bicyclic) bond motifs is 1. The lowest BCUT2D eigenvalue weighted by Gasteiger charge is -2.11. The maximum Gasteiger partial charge on any atom is 0.101 e. The van der Waals surface area contributed by atoms with Crippen LogP contribution in [0, 0.1) is 11.3 Å². The van der Waals surface area contributed by atoms with Gasteiger partial charge in [0.05, 0.1) is 28.3 Å². The summed E-state index contributed by atoms with van der Waals surface area (Å²) in [6.07, 6.45) is 3.56. The Bertz CT molecular complexity index is 1190. The van der Waals surface area contributed by atoms with Crippen molar-refractivity contribution in [1.82, 2.24) is 14.8 Å². The summed E-state index contributed by atoms with van der Waals surface area (Å²) < 4.78 is 1.85. The van der Waals surface area contributed by atoms with Gasteiger partial charge in [0.1, 0.15) is 6.07 Å². The molecular formula is C23H20ClN5. The Morgan fingerprint density at radius 3 is 2.79 bits per heavy atom. The van der Waals surface area contributed by atoms with Gasteiger partial charge in [-0.1, -0.05) is 41.9 Å². The monoisotopic (exact) mass is 401 g/mol. The number of rotatable bonds is 6. The second kappa shape index (κ2) is 8.44. The number of halogens is 1. The number of aromatic nitrogens is 3. The molecule has 0 amide bonds. The number of para-hydroxylation sites is 1. The first-order valence-corrected chi connectivity index (χ1v) is 9.84. The number of aryl methyl sites for hydroxylation is 1. The fraction of sp³-hybridized carbons (Fsp3) is 0.174. The standard InChI is InChI=1S/C23H20ClN5/c24-21-13-17(5-6-18(21)14-25)23-11-12-29(28-23)15-19(26)8-10-20-9-7-16-3-1-2-4-22(16)27-20/h1-7,9,11-13,19H,8,10,15,26H2/t19-/m1/s1. The van der Waals surface area contributed by atoms with Crippen LogP contribution < -0.4 is 5.73 Å². The normalized spacial score (nSPS) is 12.0. The molecule has 0 radical (unpaired) electrons. The van der Waals surface area contributed by atoms with Gasteiger partial charge in [0.2, 0.25) is 0 Å². The maximum atomic E-state index is 9.00. The Morgan fingerprint density at radius 2 is 1.97 bits per heavy atom. The van der Waals surface area contributed by atoms with Crippen molar-refractivity contribution in [3.05, 3.63) is 83.1 Å². The minimum atomic E-state index is -0.0272. The van der Waals surface area contributed by atoms with Crippen molar-refractivity contribution < 1.29 is 0 Å². The molecule has 4 rings (SSSR count). The fourth-order valence-corrected chi connectivity index (χ4v) is 3.52. The van der Waals surface area contributed by atoms with Crippen molar-refractivity contribution >= 4 is 22.5 Å². The van der Waals surface area contributed by atoms with E-state index >= 15 is 0 Å². The molecule has 5 nitrogen and oxygen atoms in total. The molecule has 6 heteroatoms. The van der Waals surface area contributed by atoms with Gasteiger partial charge >= 0.3 is 0 Å². The van der Waals surface area contributed by atoms with E-state index in [2.05, 4.69) is 29.4 Å². The smallest absolute Gasteiger partial charge is 0.101 e. The zero-order valence-electron chi connectivity index (χ0n) is 15.8. The summed E-state index contributed by atoms with van der Waals surface area (Å²) in [7, 11) is 0. The molecule has 0 fully saturated rings. The molecule has 0 spiro atoms. The van der Waals surface area contributed by atoms with E-state index in [1.165, 1.54) is 0 Å². The fourth-order valence-electron chi connectivity index (χ4n) is 3.29. The van der Waals surface area contributed by atoms with Crippen LogP contribution in [0.5, 0.6) is 0 Å². The first-order valence-electron chi connectivity index (χ1n) is 9.46. The van der Waals surface area contributed by atoms with Gasteiger partial charge in [-0.3, -0.25) is 9.67 Å². The van der Waals surface area contributed by atoms with Crippen LogP contribution in [0.25, 0.3) is 22.2 Å². The molecule has 29 heavy (non-hydrogen) atoms. The number of nitrogens with two attached hydrogens (primary N) is 1. The van der Waals surface area contributed by atoms with E-state index in [1.807, 2.05) is 41.2 Å². The average molecular weight is 402 g/mol. The lowest BCUT2D eigenvalue weighted by atomic mass is 10.1. The van der Waals surface area contributed by atoms with Gasteiger partial charge in [-0.25, -0.2) is 0 Å². The summed E-state index contributed by atoms with van der Waals surface area (Å²) in [6, 6.07) is 21.6. The van der Waals surface area contributed by atoms with Crippen LogP contribution in [0.15, 0.2) is 66.9 Å². The molecule has 2 heterocycles. The Balaban J connectivity index is 1.38. The third-order valence-electron chi connectivity index (χ3n) is 4.87. The molecule has 2 aromatic carbocycles. The number of hydrogen-bond acceptors (Lipinski definition) is 4. The summed E-state index contributed by atoms with van der Waals surface area (Å²) in [4.78, 5) is 4.71. The van der Waals surface area contributed by atoms with Gasteiger partial charge in [0.25, 0.3) is 0 Å². The van der Waals surface area contributed by atoms with E-state index in [4.69, 9.17) is 27.6 Å². The summed E-state index contributed by atoms with van der Waals surface area (Å²) in [5.41, 5.74) is 10.5. The van der Waals surface area contributed by atoms with Crippen molar-refractivity contribution in [1.29, 1.82) is 5.26 Å². The number of nitrogens with zero attached hydrogens (tertiary/aromatic N) is 4. The lowest BCUT2D eigenvalue weighted by Crippen LogP contribution is -2.27. The Morgan fingerprint density at radius 1 is 1.10 bits per heavy atom. The van der Waals surface area contributed by atoms with E-state index < -0.39 is 0 Å². The van der Waals surface area contributed by atoms with Crippen molar-refractivity contribution in [3.63, 3.8) is 0 Å². The predicted octanol–water partition coefficient (Wildman–Crippen LogP) is 4.58. The molecule has 0 aliphatic carbocycles. The van der Waals surface area contributed by atoms with E-state index in [-0.39, 0.29) is 6.04 Å². The van der Waals surface area contributed by atoms with E-state index in [1.54, 1.807) is 12.1 Å². The molecule has 0 unspecified atom stereocenters. The summed E-state index contributed by atoms with van der Waals surface area (Å²) in [5, 5.41) is 15.2. The van der Waals surface area contributed by atoms with Gasteiger partial charge in [-0.05, 0) is 43.2 Å². The molecular weight excluding hydrogens is 382 g/mol. The Hall–Kier alpha value is -3.20. The molecule has 144 valence electrons. The average Bonchev–Trinajstić information content (AvgIpc) is 3.20. The largest absolute Gasteiger partial charge is 0.326 e. The first kappa shape index (κ1) is 19.1. The summed E-state index contributed by atoms with van der Waals surface area (Å²) in [6.45, 7) is 0.623. The van der Waals surface area contributed by atoms with Crippen LogP contribution in [0.4, 0.5) is 0 Å². The lowest BCUT2D eigenvalue weighted by molar-refractivity contribution is 0.485. The number of hydrogen-bond donors (Lipinski definition) is 1. The quantitative estimate of drug-likeness (QED) is 0.512. The van der Waals surface area contributed by atoms with Gasteiger partial charge in [-0.15, -0.1) is 0 Å². The van der Waals surface area contributed by atoms with Crippen LogP contribution in [-0.4, -0.2) is 20.8 Å². The zero-order chi connectivity index (χ0) is 20.2. The highest BCUT2D eigenvalue weighted by Gasteiger charge is 2.09. The number of nitriles is 1. The molecule has 0 aliphatic heterocycles. The molecule has 0 bridgehead atoms. The third-order valence-corrected chi connectivity index (χ3v) is 5.19. The van der Waals surface area contributed by atoms with Gasteiger partial charge in [-0.2, -0.15) is 10.4 Å². The van der Waals surface area contributed by atoms with Crippen molar-refractivity contribution in [2.45, 2.75) is 25.4 Å². The SMILES string of the molecule is N#Cc1ccc(-c2ccn(C[C@H](N)CCc3ccc4ccccc4n3)n2)cc1Cl. The highest BCUT2D eigenvalue weighted by Crippen LogP contribution is 2.24. The van der Waals surface area contributed by atoms with Gasteiger partial charge < -0.3 is 5.73 Å². The van der Waals surface area contributed by atoms with Crippen LogP contribution >= 0.6 is 11.6 Å². The van der Waals surface area contributed by atoms with Crippen molar-refractivity contribution in [2.75, 3.05) is 0 Å². The van der Waals surface area contributed by atoms with Crippen molar-refractivity contribution in [2.24, 2.45) is 5.73 Å². The minimum Gasteiger partial charge on any atom is -0.326 e. The zero-order valence-corrected chi connectivity index (χ0v) is 16.5. The molecule has 2 N–H and O–H groups in total. The topological polar surface area (TPSA) is 80.5 Å². The van der Waals surface area contributed by atoms with Gasteiger partial charge in [0.15, 0.2) is 0 Å². The molecule has 2 aromatic heterocycles. The minimum absolute atomic E-state index is 0.0272. The summed E-state index contributed by atoms with van der Waals surface area (Å²) >= 11 is 6.12. The highest BCUT2D eigenvalue weighted by molar-refractivity contribution is 6.32. The second-order valence-corrected chi connectivity index (χ2v) is 7.43. The van der Waals surface area contributed by atoms with Crippen LogP contribution in [0.2, 0.25) is 5.02 Å². The number of pyridine rings is 1. The first-order chi connectivity index (χ1) is 14.1. The molecule has 0 aliphatic rings. The summed E-state index contributed by atoms with van der Waals surface area (Å²) in [5.74, 6) is 0. The molecule has 0 saturated carbocycles. The Labute approximate surface area is 174 Å². The molecule has 4 aromatic rings. The number of benzene rings is 2. The van der Waals surface area contributed by atoms with Crippen LogP contribution in [0.1, 0.15) is 17.7 Å². The van der Waals surface area contributed by atoms with Crippen LogP contribution in [-0.2, 0) is 13.0 Å².